The lowest BCUT2D eigenvalue weighted by molar-refractivity contribution is -0.121. The quantitative estimate of drug-likeness (QED) is 0.372. The van der Waals surface area contributed by atoms with E-state index in [-0.39, 0.29) is 18.4 Å². The summed E-state index contributed by atoms with van der Waals surface area (Å²) in [4.78, 5) is 11.0. The van der Waals surface area contributed by atoms with Gasteiger partial charge in [0.1, 0.15) is 5.75 Å². The number of hydrogen-bond donors (Lipinski definition) is 3. The number of benzene rings is 1. The Hall–Kier alpha value is -1.59. The summed E-state index contributed by atoms with van der Waals surface area (Å²) in [5, 5.41) is 0. The van der Waals surface area contributed by atoms with E-state index in [4.69, 9.17) is 16.3 Å². The summed E-state index contributed by atoms with van der Waals surface area (Å²) in [6.45, 7) is 0. The van der Waals surface area contributed by atoms with Crippen LogP contribution in [0.2, 0.25) is 0 Å². The van der Waals surface area contributed by atoms with Gasteiger partial charge in [0.25, 0.3) is 0 Å². The number of nitrogens with one attached hydrogen (secondary N) is 1. The molecule has 0 radical (unpaired) electrons. The van der Waals surface area contributed by atoms with Crippen LogP contribution in [0.15, 0.2) is 24.3 Å². The number of amides is 1. The van der Waals surface area contributed by atoms with Gasteiger partial charge in [-0.25, -0.2) is 5.84 Å². The van der Waals surface area contributed by atoms with Crippen molar-refractivity contribution in [2.75, 3.05) is 7.11 Å². The fraction of sp³-hybridized carbons (Fsp3) is 0.300. The van der Waals surface area contributed by atoms with Gasteiger partial charge in [0.15, 0.2) is 0 Å². The molecule has 82 valence electrons. The third kappa shape index (κ3) is 3.23. The van der Waals surface area contributed by atoms with Crippen LogP contribution in [0.1, 0.15) is 18.0 Å². The van der Waals surface area contributed by atoms with Crippen LogP contribution in [0.4, 0.5) is 0 Å². The highest BCUT2D eigenvalue weighted by Crippen LogP contribution is 2.19. The van der Waals surface area contributed by atoms with Crippen LogP contribution < -0.4 is 21.7 Å². The van der Waals surface area contributed by atoms with E-state index in [9.17, 15) is 4.79 Å². The summed E-state index contributed by atoms with van der Waals surface area (Å²) in [5.74, 6) is 5.41. The van der Waals surface area contributed by atoms with Crippen molar-refractivity contribution in [3.8, 4) is 5.75 Å². The van der Waals surface area contributed by atoms with Crippen LogP contribution >= 0.6 is 0 Å². The summed E-state index contributed by atoms with van der Waals surface area (Å²) < 4.78 is 5.06. The average molecular weight is 209 g/mol. The van der Waals surface area contributed by atoms with Crippen LogP contribution in [0.5, 0.6) is 5.75 Å². The van der Waals surface area contributed by atoms with Gasteiger partial charge in [-0.3, -0.25) is 10.2 Å². The number of nitrogens with two attached hydrogens (primary N) is 2. The van der Waals surface area contributed by atoms with E-state index in [0.717, 1.165) is 11.3 Å². The zero-order chi connectivity index (χ0) is 11.3. The molecule has 0 aliphatic rings. The highest BCUT2D eigenvalue weighted by molar-refractivity contribution is 5.76. The second-order valence-corrected chi connectivity index (χ2v) is 3.15. The van der Waals surface area contributed by atoms with Crippen LogP contribution in [0, 0.1) is 0 Å². The Bertz CT molecular complexity index is 341. The topological polar surface area (TPSA) is 90.4 Å². The Morgan fingerprint density at radius 3 is 2.93 bits per heavy atom. The maximum Gasteiger partial charge on any atom is 0.235 e. The van der Waals surface area contributed by atoms with Gasteiger partial charge in [-0.2, -0.15) is 0 Å². The van der Waals surface area contributed by atoms with Crippen LogP contribution in [0.3, 0.4) is 0 Å². The summed E-state index contributed by atoms with van der Waals surface area (Å²) in [6.07, 6.45) is 0.156. The van der Waals surface area contributed by atoms with Gasteiger partial charge in [-0.15, -0.1) is 0 Å². The van der Waals surface area contributed by atoms with Crippen molar-refractivity contribution in [3.05, 3.63) is 29.8 Å². The van der Waals surface area contributed by atoms with Crippen LogP contribution in [-0.4, -0.2) is 13.0 Å². The van der Waals surface area contributed by atoms with Gasteiger partial charge in [0.05, 0.1) is 7.11 Å². The molecule has 0 aromatic heterocycles. The molecule has 0 aliphatic heterocycles. The molecule has 0 aliphatic carbocycles. The lowest BCUT2D eigenvalue weighted by atomic mass is 10.0. The summed E-state index contributed by atoms with van der Waals surface area (Å²) >= 11 is 0. The number of ether oxygens (including phenoxy) is 1. The van der Waals surface area contributed by atoms with E-state index in [0.29, 0.717) is 0 Å². The van der Waals surface area contributed by atoms with Gasteiger partial charge in [0.2, 0.25) is 5.91 Å². The van der Waals surface area contributed by atoms with Crippen molar-refractivity contribution in [1.82, 2.24) is 5.43 Å². The molecule has 0 bridgehead atoms. The number of carbonyl (C=O) groups excluding carboxylic acids is 1. The zero-order valence-corrected chi connectivity index (χ0v) is 8.57. The SMILES string of the molecule is COc1cccc(C(N)CC(=O)NN)c1. The zero-order valence-electron chi connectivity index (χ0n) is 8.57. The number of hydrazine groups is 1. The number of rotatable bonds is 4. The molecule has 0 saturated heterocycles. The molecular formula is C10H15N3O2. The molecule has 0 heterocycles. The molecule has 1 unspecified atom stereocenters. The Labute approximate surface area is 88.4 Å². The highest BCUT2D eigenvalue weighted by Gasteiger charge is 2.10. The van der Waals surface area contributed by atoms with Crippen LogP contribution in [0.25, 0.3) is 0 Å². The van der Waals surface area contributed by atoms with Crippen molar-refractivity contribution in [2.24, 2.45) is 11.6 Å². The van der Waals surface area contributed by atoms with Crippen molar-refractivity contribution < 1.29 is 9.53 Å². The summed E-state index contributed by atoms with van der Waals surface area (Å²) in [7, 11) is 1.58. The highest BCUT2D eigenvalue weighted by atomic mass is 16.5. The summed E-state index contributed by atoms with van der Waals surface area (Å²) in [5.41, 5.74) is 8.71. The van der Waals surface area contributed by atoms with E-state index in [2.05, 4.69) is 0 Å². The van der Waals surface area contributed by atoms with E-state index in [1.807, 2.05) is 23.6 Å². The Balaban J connectivity index is 2.72. The third-order valence-corrected chi connectivity index (χ3v) is 2.09. The lowest BCUT2D eigenvalue weighted by Crippen LogP contribution is -2.32. The van der Waals surface area contributed by atoms with E-state index >= 15 is 0 Å². The molecule has 1 aromatic rings. The largest absolute Gasteiger partial charge is 0.497 e. The van der Waals surface area contributed by atoms with Crippen molar-refractivity contribution in [1.29, 1.82) is 0 Å². The predicted octanol–water partition coefficient (Wildman–Crippen LogP) is 0.0750. The molecule has 5 heteroatoms. The molecule has 1 aromatic carbocycles. The number of methoxy groups -OCH3 is 1. The lowest BCUT2D eigenvalue weighted by Gasteiger charge is -2.11. The van der Waals surface area contributed by atoms with E-state index < -0.39 is 0 Å². The first kappa shape index (κ1) is 11.5. The minimum Gasteiger partial charge on any atom is -0.497 e. The standard InChI is InChI=1S/C10H15N3O2/c1-15-8-4-2-3-7(5-8)9(11)6-10(14)13-12/h2-5,9H,6,11-12H2,1H3,(H,13,14). The van der Waals surface area contributed by atoms with Crippen molar-refractivity contribution >= 4 is 5.91 Å². The maximum absolute atomic E-state index is 11.0. The molecule has 0 fully saturated rings. The Morgan fingerprint density at radius 1 is 1.60 bits per heavy atom. The first-order valence-electron chi connectivity index (χ1n) is 4.56. The minimum atomic E-state index is -0.372. The summed E-state index contributed by atoms with van der Waals surface area (Å²) in [6, 6.07) is 6.92. The van der Waals surface area contributed by atoms with Gasteiger partial charge in [-0.05, 0) is 17.7 Å². The Kier molecular flexibility index (Phi) is 4.08. The molecule has 5 nitrogen and oxygen atoms in total. The monoisotopic (exact) mass is 209 g/mol. The molecule has 1 rings (SSSR count). The molecule has 1 amide bonds. The van der Waals surface area contributed by atoms with E-state index in [1.165, 1.54) is 0 Å². The Morgan fingerprint density at radius 2 is 2.33 bits per heavy atom. The third-order valence-electron chi connectivity index (χ3n) is 2.09. The van der Waals surface area contributed by atoms with Crippen molar-refractivity contribution in [3.63, 3.8) is 0 Å². The van der Waals surface area contributed by atoms with Gasteiger partial charge < -0.3 is 10.5 Å². The maximum atomic E-state index is 11.0. The minimum absolute atomic E-state index is 0.156. The fourth-order valence-electron chi connectivity index (χ4n) is 1.25. The van der Waals surface area contributed by atoms with Gasteiger partial charge in [-0.1, -0.05) is 12.1 Å². The molecule has 0 spiro atoms. The molecule has 5 N–H and O–H groups in total. The van der Waals surface area contributed by atoms with Crippen molar-refractivity contribution in [2.45, 2.75) is 12.5 Å². The first-order chi connectivity index (χ1) is 7.17. The predicted molar refractivity (Wildman–Crippen MR) is 56.9 cm³/mol. The average Bonchev–Trinajstić information content (AvgIpc) is 2.28. The van der Waals surface area contributed by atoms with Gasteiger partial charge in [0, 0.05) is 12.5 Å². The molecule has 0 saturated carbocycles. The first-order valence-corrected chi connectivity index (χ1v) is 4.56. The molecule has 1 atom stereocenters. The molecular weight excluding hydrogens is 194 g/mol. The number of carbonyl (C=O) groups is 1. The smallest absolute Gasteiger partial charge is 0.235 e. The van der Waals surface area contributed by atoms with Crippen LogP contribution in [-0.2, 0) is 4.79 Å². The number of hydrogen-bond acceptors (Lipinski definition) is 4. The van der Waals surface area contributed by atoms with E-state index in [1.54, 1.807) is 13.2 Å². The second kappa shape index (κ2) is 5.33. The van der Waals surface area contributed by atoms with Gasteiger partial charge >= 0.3 is 0 Å². The second-order valence-electron chi connectivity index (χ2n) is 3.15. The molecule has 15 heavy (non-hydrogen) atoms. The normalized spacial score (nSPS) is 11.9. The fourth-order valence-corrected chi connectivity index (χ4v) is 1.25.